The molecule has 4 heteroatoms. The van der Waals surface area contributed by atoms with Crippen molar-refractivity contribution in [1.29, 1.82) is 0 Å². The fourth-order valence-corrected chi connectivity index (χ4v) is 1.12. The Morgan fingerprint density at radius 3 is 3.07 bits per heavy atom. The number of hydrogen-bond donors (Lipinski definition) is 1. The molecule has 0 radical (unpaired) electrons. The fraction of sp³-hybridized carbons (Fsp3) is 0.600. The Morgan fingerprint density at radius 1 is 1.64 bits per heavy atom. The molecule has 78 valence electrons. The lowest BCUT2D eigenvalue weighted by Gasteiger charge is -2.10. The van der Waals surface area contributed by atoms with Gasteiger partial charge in [0.25, 0.3) is 5.56 Å². The number of nitrogens with one attached hydrogen (secondary N) is 1. The van der Waals surface area contributed by atoms with Crippen LogP contribution in [-0.4, -0.2) is 22.4 Å². The highest BCUT2D eigenvalue weighted by Gasteiger charge is 1.98. The van der Waals surface area contributed by atoms with E-state index in [2.05, 4.69) is 24.3 Å². The highest BCUT2D eigenvalue weighted by Crippen LogP contribution is 1.86. The maximum absolute atomic E-state index is 11.2. The first-order valence-electron chi connectivity index (χ1n) is 4.99. The average molecular weight is 195 g/mol. The minimum absolute atomic E-state index is 0.0431. The molecule has 14 heavy (non-hydrogen) atoms. The minimum Gasteiger partial charge on any atom is -0.312 e. The predicted octanol–water partition coefficient (Wildman–Crippen LogP) is 0.631. The third-order valence-corrected chi connectivity index (χ3v) is 2.21. The van der Waals surface area contributed by atoms with Crippen LogP contribution in [0.1, 0.15) is 20.3 Å². The van der Waals surface area contributed by atoms with E-state index in [-0.39, 0.29) is 5.56 Å². The van der Waals surface area contributed by atoms with Gasteiger partial charge in [-0.2, -0.15) is 5.10 Å². The number of hydrogen-bond acceptors (Lipinski definition) is 3. The zero-order valence-corrected chi connectivity index (χ0v) is 8.73. The lowest BCUT2D eigenvalue weighted by atomic mass is 10.3. The van der Waals surface area contributed by atoms with Crippen molar-refractivity contribution in [3.05, 3.63) is 28.7 Å². The first kappa shape index (κ1) is 10.9. The summed E-state index contributed by atoms with van der Waals surface area (Å²) in [6.45, 7) is 5.67. The normalized spacial score (nSPS) is 12.7. The molecule has 4 nitrogen and oxygen atoms in total. The molecule has 0 fully saturated rings. The van der Waals surface area contributed by atoms with E-state index in [1.807, 2.05) is 0 Å². The van der Waals surface area contributed by atoms with Gasteiger partial charge in [-0.3, -0.25) is 4.79 Å². The molecular weight excluding hydrogens is 178 g/mol. The van der Waals surface area contributed by atoms with Crippen LogP contribution in [0, 0.1) is 0 Å². The van der Waals surface area contributed by atoms with Gasteiger partial charge in [-0.05, 0) is 19.4 Å². The summed E-state index contributed by atoms with van der Waals surface area (Å²) in [6.07, 6.45) is 2.72. The number of rotatable bonds is 5. The fourth-order valence-electron chi connectivity index (χ4n) is 1.12. The molecule has 0 aliphatic rings. The van der Waals surface area contributed by atoms with Crippen molar-refractivity contribution in [2.75, 3.05) is 6.54 Å². The van der Waals surface area contributed by atoms with Crippen molar-refractivity contribution in [3.8, 4) is 0 Å². The molecule has 0 aliphatic heterocycles. The van der Waals surface area contributed by atoms with Crippen molar-refractivity contribution in [3.63, 3.8) is 0 Å². The summed E-state index contributed by atoms with van der Waals surface area (Å²) in [7, 11) is 0. The standard InChI is InChI=1S/C10H17N3O/c1-3-9(2)11-7-8-13-10(14)5-4-6-12-13/h4-6,9,11H,3,7-8H2,1-2H3. The van der Waals surface area contributed by atoms with Gasteiger partial charge < -0.3 is 5.32 Å². The summed E-state index contributed by atoms with van der Waals surface area (Å²) in [5, 5.41) is 7.27. The molecule has 1 atom stereocenters. The minimum atomic E-state index is -0.0431. The molecule has 0 aliphatic carbocycles. The van der Waals surface area contributed by atoms with Crippen molar-refractivity contribution >= 4 is 0 Å². The molecule has 1 aromatic rings. The second-order valence-corrected chi connectivity index (χ2v) is 3.35. The van der Waals surface area contributed by atoms with Gasteiger partial charge in [-0.25, -0.2) is 4.68 Å². The van der Waals surface area contributed by atoms with Crippen molar-refractivity contribution in [2.24, 2.45) is 0 Å². The first-order chi connectivity index (χ1) is 6.74. The molecule has 1 heterocycles. The molecule has 1 unspecified atom stereocenters. The van der Waals surface area contributed by atoms with Crippen molar-refractivity contribution < 1.29 is 0 Å². The average Bonchev–Trinajstić information content (AvgIpc) is 2.20. The summed E-state index contributed by atoms with van der Waals surface area (Å²) in [6, 6.07) is 3.67. The third kappa shape index (κ3) is 3.30. The Labute approximate surface area is 84.0 Å². The monoisotopic (exact) mass is 195 g/mol. The van der Waals surface area contributed by atoms with Crippen LogP contribution in [0.2, 0.25) is 0 Å². The van der Waals surface area contributed by atoms with Gasteiger partial charge in [0, 0.05) is 24.8 Å². The first-order valence-corrected chi connectivity index (χ1v) is 4.99. The SMILES string of the molecule is CCC(C)NCCn1ncccc1=O. The molecule has 0 spiro atoms. The molecule has 0 saturated heterocycles. The van der Waals surface area contributed by atoms with Crippen LogP contribution in [0.4, 0.5) is 0 Å². The second-order valence-electron chi connectivity index (χ2n) is 3.35. The van der Waals surface area contributed by atoms with Gasteiger partial charge in [-0.1, -0.05) is 6.92 Å². The summed E-state index contributed by atoms with van der Waals surface area (Å²) in [5.41, 5.74) is -0.0431. The Kier molecular flexibility index (Phi) is 4.32. The van der Waals surface area contributed by atoms with Crippen molar-refractivity contribution in [1.82, 2.24) is 15.1 Å². The van der Waals surface area contributed by atoms with Crippen LogP contribution in [0.5, 0.6) is 0 Å². The van der Waals surface area contributed by atoms with Crippen LogP contribution in [0.3, 0.4) is 0 Å². The molecule has 0 bridgehead atoms. The van der Waals surface area contributed by atoms with Crippen LogP contribution < -0.4 is 10.9 Å². The topological polar surface area (TPSA) is 46.9 Å². The summed E-state index contributed by atoms with van der Waals surface area (Å²) in [4.78, 5) is 11.2. The number of nitrogens with zero attached hydrogens (tertiary/aromatic N) is 2. The molecule has 1 N–H and O–H groups in total. The van der Waals surface area contributed by atoms with Gasteiger partial charge in [0.05, 0.1) is 6.54 Å². The predicted molar refractivity (Wildman–Crippen MR) is 56.3 cm³/mol. The number of aromatic nitrogens is 2. The Balaban J connectivity index is 2.39. The highest BCUT2D eigenvalue weighted by atomic mass is 16.1. The van der Waals surface area contributed by atoms with Gasteiger partial charge >= 0.3 is 0 Å². The molecule has 1 aromatic heterocycles. The van der Waals surface area contributed by atoms with Crippen LogP contribution in [0.25, 0.3) is 0 Å². The van der Waals surface area contributed by atoms with E-state index in [9.17, 15) is 4.79 Å². The lowest BCUT2D eigenvalue weighted by Crippen LogP contribution is -2.32. The highest BCUT2D eigenvalue weighted by molar-refractivity contribution is 4.84. The van der Waals surface area contributed by atoms with E-state index in [1.54, 1.807) is 12.3 Å². The van der Waals surface area contributed by atoms with E-state index in [0.717, 1.165) is 13.0 Å². The van der Waals surface area contributed by atoms with Crippen LogP contribution >= 0.6 is 0 Å². The van der Waals surface area contributed by atoms with Gasteiger partial charge in [0.2, 0.25) is 0 Å². The van der Waals surface area contributed by atoms with E-state index in [1.165, 1.54) is 10.7 Å². The van der Waals surface area contributed by atoms with Crippen molar-refractivity contribution in [2.45, 2.75) is 32.9 Å². The third-order valence-electron chi connectivity index (χ3n) is 2.21. The Bertz CT molecular complexity index is 321. The van der Waals surface area contributed by atoms with Gasteiger partial charge in [0.15, 0.2) is 0 Å². The summed E-state index contributed by atoms with van der Waals surface area (Å²) in [5.74, 6) is 0. The lowest BCUT2D eigenvalue weighted by molar-refractivity contribution is 0.476. The van der Waals surface area contributed by atoms with Gasteiger partial charge in [0.1, 0.15) is 0 Å². The zero-order valence-electron chi connectivity index (χ0n) is 8.73. The summed E-state index contributed by atoms with van der Waals surface area (Å²) >= 11 is 0. The molecule has 0 saturated carbocycles. The largest absolute Gasteiger partial charge is 0.312 e. The zero-order chi connectivity index (χ0) is 10.4. The quantitative estimate of drug-likeness (QED) is 0.749. The van der Waals surface area contributed by atoms with Gasteiger partial charge in [-0.15, -0.1) is 0 Å². The maximum atomic E-state index is 11.2. The summed E-state index contributed by atoms with van der Waals surface area (Å²) < 4.78 is 1.47. The van der Waals surface area contributed by atoms with E-state index in [0.29, 0.717) is 12.6 Å². The Morgan fingerprint density at radius 2 is 2.43 bits per heavy atom. The Hall–Kier alpha value is -1.16. The maximum Gasteiger partial charge on any atom is 0.266 e. The molecule has 1 rings (SSSR count). The molecule has 0 aromatic carbocycles. The second kappa shape index (κ2) is 5.54. The van der Waals surface area contributed by atoms with E-state index >= 15 is 0 Å². The molecule has 0 amide bonds. The van der Waals surface area contributed by atoms with E-state index in [4.69, 9.17) is 0 Å². The molecular formula is C10H17N3O. The van der Waals surface area contributed by atoms with Crippen LogP contribution in [-0.2, 0) is 6.54 Å². The van der Waals surface area contributed by atoms with Crippen LogP contribution in [0.15, 0.2) is 23.1 Å². The smallest absolute Gasteiger partial charge is 0.266 e. The van der Waals surface area contributed by atoms with E-state index < -0.39 is 0 Å².